The first-order chi connectivity index (χ1) is 9.22. The molecule has 0 aromatic heterocycles. The molecule has 2 aromatic rings. The number of nitrogens with two attached hydrogens (primary N) is 1. The number of amidine groups is 1. The molecule has 0 unspecified atom stereocenters. The summed E-state index contributed by atoms with van der Waals surface area (Å²) in [7, 11) is 0. The van der Waals surface area contributed by atoms with Gasteiger partial charge in [-0.3, -0.25) is 10.2 Å². The van der Waals surface area contributed by atoms with E-state index in [0.29, 0.717) is 12.8 Å². The van der Waals surface area contributed by atoms with Crippen molar-refractivity contribution in [1.82, 2.24) is 0 Å². The third-order valence-electron chi connectivity index (χ3n) is 2.83. The minimum absolute atomic E-state index is 0.119. The second-order valence-electron chi connectivity index (χ2n) is 4.17. The number of hydrogen-bond donors (Lipinski definition) is 3. The van der Waals surface area contributed by atoms with E-state index in [0.717, 1.165) is 22.4 Å². The number of carbonyl (C=O) groups excluding carboxylic acids is 1. The predicted molar refractivity (Wildman–Crippen MR) is 77.2 cm³/mol. The van der Waals surface area contributed by atoms with Gasteiger partial charge in [-0.2, -0.15) is 0 Å². The molecule has 4 N–H and O–H groups in total. The van der Waals surface area contributed by atoms with Crippen LogP contribution in [-0.2, 0) is 11.2 Å². The number of carbonyl (C=O) groups is 1. The molecular formula is C15H15N3O. The van der Waals surface area contributed by atoms with E-state index in [9.17, 15) is 4.79 Å². The molecule has 0 spiro atoms. The van der Waals surface area contributed by atoms with Crippen molar-refractivity contribution in [3.05, 3.63) is 54.1 Å². The Kier molecular flexibility index (Phi) is 3.93. The van der Waals surface area contributed by atoms with Gasteiger partial charge in [0.05, 0.1) is 5.84 Å². The van der Waals surface area contributed by atoms with Crippen molar-refractivity contribution in [2.45, 2.75) is 6.42 Å². The SMILES string of the molecule is N=C(N)Cc1ccccc1-c1ccccc1NC=O. The van der Waals surface area contributed by atoms with Crippen molar-refractivity contribution in [3.8, 4) is 11.1 Å². The highest BCUT2D eigenvalue weighted by Gasteiger charge is 2.09. The first kappa shape index (κ1) is 12.8. The molecule has 0 atom stereocenters. The Hall–Kier alpha value is -2.62. The molecule has 19 heavy (non-hydrogen) atoms. The van der Waals surface area contributed by atoms with E-state index in [2.05, 4.69) is 5.32 Å². The molecule has 2 rings (SSSR count). The van der Waals surface area contributed by atoms with Crippen LogP contribution in [0.5, 0.6) is 0 Å². The van der Waals surface area contributed by atoms with Crippen LogP contribution < -0.4 is 11.1 Å². The molecule has 4 heteroatoms. The average Bonchev–Trinajstić information content (AvgIpc) is 2.40. The van der Waals surface area contributed by atoms with Crippen molar-refractivity contribution >= 4 is 17.9 Å². The topological polar surface area (TPSA) is 79.0 Å². The van der Waals surface area contributed by atoms with Gasteiger partial charge in [0, 0.05) is 17.7 Å². The summed E-state index contributed by atoms with van der Waals surface area (Å²) in [6, 6.07) is 15.3. The fourth-order valence-corrected chi connectivity index (χ4v) is 2.05. The maximum atomic E-state index is 10.7. The Balaban J connectivity index is 2.52. The average molecular weight is 253 g/mol. The van der Waals surface area contributed by atoms with Crippen LogP contribution in [0.2, 0.25) is 0 Å². The molecule has 0 bridgehead atoms. The first-order valence-corrected chi connectivity index (χ1v) is 5.92. The molecule has 0 aliphatic carbocycles. The largest absolute Gasteiger partial charge is 0.387 e. The molecule has 2 aromatic carbocycles. The lowest BCUT2D eigenvalue weighted by Gasteiger charge is -2.12. The third-order valence-corrected chi connectivity index (χ3v) is 2.83. The second-order valence-corrected chi connectivity index (χ2v) is 4.17. The quantitative estimate of drug-likeness (QED) is 0.434. The molecular weight excluding hydrogens is 238 g/mol. The van der Waals surface area contributed by atoms with Crippen molar-refractivity contribution in [1.29, 1.82) is 5.41 Å². The van der Waals surface area contributed by atoms with E-state index in [1.54, 1.807) is 0 Å². The lowest BCUT2D eigenvalue weighted by atomic mass is 9.96. The first-order valence-electron chi connectivity index (χ1n) is 5.92. The Labute approximate surface area is 111 Å². The zero-order valence-electron chi connectivity index (χ0n) is 10.4. The highest BCUT2D eigenvalue weighted by atomic mass is 16.1. The number of rotatable bonds is 5. The summed E-state index contributed by atoms with van der Waals surface area (Å²) in [6.07, 6.45) is 1.05. The highest BCUT2D eigenvalue weighted by molar-refractivity contribution is 5.88. The van der Waals surface area contributed by atoms with Crippen molar-refractivity contribution in [3.63, 3.8) is 0 Å². The van der Waals surface area contributed by atoms with Crippen molar-refractivity contribution in [2.75, 3.05) is 5.32 Å². The minimum atomic E-state index is 0.119. The van der Waals surface area contributed by atoms with Gasteiger partial charge in [-0.15, -0.1) is 0 Å². The number of amides is 1. The Bertz CT molecular complexity index is 608. The summed E-state index contributed by atoms with van der Waals surface area (Å²) in [5, 5.41) is 10.1. The summed E-state index contributed by atoms with van der Waals surface area (Å²) < 4.78 is 0. The van der Waals surface area contributed by atoms with Gasteiger partial charge < -0.3 is 11.1 Å². The minimum Gasteiger partial charge on any atom is -0.387 e. The summed E-state index contributed by atoms with van der Waals surface area (Å²) in [4.78, 5) is 10.7. The highest BCUT2D eigenvalue weighted by Crippen LogP contribution is 2.30. The van der Waals surface area contributed by atoms with Gasteiger partial charge >= 0.3 is 0 Å². The number of nitrogens with one attached hydrogen (secondary N) is 2. The van der Waals surface area contributed by atoms with E-state index in [1.807, 2.05) is 48.5 Å². The van der Waals surface area contributed by atoms with E-state index in [1.165, 1.54) is 0 Å². The fraction of sp³-hybridized carbons (Fsp3) is 0.0667. The fourth-order valence-electron chi connectivity index (χ4n) is 2.05. The molecule has 0 saturated carbocycles. The van der Waals surface area contributed by atoms with E-state index in [4.69, 9.17) is 11.1 Å². The number of hydrogen-bond acceptors (Lipinski definition) is 2. The number of benzene rings is 2. The van der Waals surface area contributed by atoms with Gasteiger partial charge in [-0.25, -0.2) is 0 Å². The molecule has 0 aliphatic heterocycles. The number of anilines is 1. The van der Waals surface area contributed by atoms with Gasteiger partial charge in [0.15, 0.2) is 0 Å². The van der Waals surface area contributed by atoms with Gasteiger partial charge in [0.2, 0.25) is 6.41 Å². The molecule has 1 amide bonds. The predicted octanol–water partition coefficient (Wildman–Crippen LogP) is 2.40. The molecule has 96 valence electrons. The lowest BCUT2D eigenvalue weighted by Crippen LogP contribution is -2.13. The van der Waals surface area contributed by atoms with Gasteiger partial charge in [0.25, 0.3) is 0 Å². The van der Waals surface area contributed by atoms with E-state index >= 15 is 0 Å². The van der Waals surface area contributed by atoms with Crippen LogP contribution in [0.3, 0.4) is 0 Å². The van der Waals surface area contributed by atoms with Crippen LogP contribution >= 0.6 is 0 Å². The number of para-hydroxylation sites is 1. The smallest absolute Gasteiger partial charge is 0.211 e. The van der Waals surface area contributed by atoms with Crippen LogP contribution in [-0.4, -0.2) is 12.2 Å². The zero-order chi connectivity index (χ0) is 13.7. The van der Waals surface area contributed by atoms with Gasteiger partial charge in [-0.05, 0) is 17.2 Å². The maximum absolute atomic E-state index is 10.7. The normalized spacial score (nSPS) is 9.89. The monoisotopic (exact) mass is 253 g/mol. The van der Waals surface area contributed by atoms with Crippen LogP contribution in [0.1, 0.15) is 5.56 Å². The molecule has 4 nitrogen and oxygen atoms in total. The molecule has 0 heterocycles. The zero-order valence-corrected chi connectivity index (χ0v) is 10.4. The van der Waals surface area contributed by atoms with Gasteiger partial charge in [0.1, 0.15) is 0 Å². The van der Waals surface area contributed by atoms with Crippen LogP contribution in [0.15, 0.2) is 48.5 Å². The molecule has 0 fully saturated rings. The van der Waals surface area contributed by atoms with Crippen molar-refractivity contribution < 1.29 is 4.79 Å². The molecule has 0 saturated heterocycles. The molecule has 0 radical (unpaired) electrons. The summed E-state index contributed by atoms with van der Waals surface area (Å²) in [6.45, 7) is 0. The van der Waals surface area contributed by atoms with Crippen molar-refractivity contribution in [2.24, 2.45) is 5.73 Å². The lowest BCUT2D eigenvalue weighted by molar-refractivity contribution is -0.105. The van der Waals surface area contributed by atoms with Crippen LogP contribution in [0.25, 0.3) is 11.1 Å². The summed E-state index contributed by atoms with van der Waals surface area (Å²) in [5.41, 5.74) is 9.09. The summed E-state index contributed by atoms with van der Waals surface area (Å²) in [5.74, 6) is 0.119. The van der Waals surface area contributed by atoms with Gasteiger partial charge in [-0.1, -0.05) is 42.5 Å². The standard InChI is InChI=1S/C15H15N3O/c16-15(17)9-11-5-1-2-6-12(11)13-7-3-4-8-14(13)18-10-19/h1-8,10H,9H2,(H3,16,17)(H,18,19). The Morgan fingerprint density at radius 2 is 1.74 bits per heavy atom. The van der Waals surface area contributed by atoms with E-state index < -0.39 is 0 Å². The van der Waals surface area contributed by atoms with Crippen LogP contribution in [0.4, 0.5) is 5.69 Å². The second kappa shape index (κ2) is 5.82. The van der Waals surface area contributed by atoms with E-state index in [-0.39, 0.29) is 5.84 Å². The third kappa shape index (κ3) is 2.98. The summed E-state index contributed by atoms with van der Waals surface area (Å²) >= 11 is 0. The molecule has 0 aliphatic rings. The maximum Gasteiger partial charge on any atom is 0.211 e. The Morgan fingerprint density at radius 1 is 1.11 bits per heavy atom. The van der Waals surface area contributed by atoms with Crippen LogP contribution in [0, 0.1) is 5.41 Å². The Morgan fingerprint density at radius 3 is 2.42 bits per heavy atom.